The molecule has 2 bridgehead atoms. The Morgan fingerprint density at radius 1 is 1.05 bits per heavy atom. The number of Topliss-reactive ketones (excluding diaryl/α,β-unsaturated/α-hetero) is 1. The van der Waals surface area contributed by atoms with Crippen LogP contribution in [0, 0.1) is 0 Å². The van der Waals surface area contributed by atoms with Gasteiger partial charge in [0.25, 0.3) is 0 Å². The molecule has 2 atom stereocenters. The maximum Gasteiger partial charge on any atom is 0.175 e. The van der Waals surface area contributed by atoms with E-state index in [1.54, 1.807) is 12.1 Å². The third kappa shape index (κ3) is 2.27. The van der Waals surface area contributed by atoms with Gasteiger partial charge in [-0.3, -0.25) is 4.79 Å². The van der Waals surface area contributed by atoms with Gasteiger partial charge in [-0.1, -0.05) is 0 Å². The highest BCUT2D eigenvalue weighted by Gasteiger charge is 2.40. The number of carbonyl (C=O) groups is 1. The van der Waals surface area contributed by atoms with Gasteiger partial charge in [-0.25, -0.2) is 8.42 Å². The molecule has 2 fully saturated rings. The van der Waals surface area contributed by atoms with Crippen molar-refractivity contribution < 1.29 is 13.2 Å². The summed E-state index contributed by atoms with van der Waals surface area (Å²) in [5.41, 5.74) is 1.03. The van der Waals surface area contributed by atoms with Crippen LogP contribution in [0.5, 0.6) is 0 Å². The highest BCUT2D eigenvalue weighted by atomic mass is 32.2. The summed E-state index contributed by atoms with van der Waals surface area (Å²) in [6.07, 6.45) is 4.59. The van der Waals surface area contributed by atoms with Gasteiger partial charge in [0.15, 0.2) is 9.84 Å². The third-order valence-corrected chi connectivity index (χ3v) is 5.24. The summed E-state index contributed by atoms with van der Waals surface area (Å²) in [6.45, 7) is 0. The number of anilines is 1. The molecule has 0 saturated carbocycles. The summed E-state index contributed by atoms with van der Waals surface area (Å²) < 4.78 is 22.9. The Labute approximate surface area is 113 Å². The number of rotatable bonds is 2. The summed E-state index contributed by atoms with van der Waals surface area (Å²) in [4.78, 5) is 14.2. The first-order chi connectivity index (χ1) is 8.95. The minimum absolute atomic E-state index is 0.301. The molecule has 2 unspecified atom stereocenters. The Hall–Kier alpha value is -1.36. The van der Waals surface area contributed by atoms with Gasteiger partial charge in [-0.15, -0.1) is 0 Å². The van der Waals surface area contributed by atoms with Crippen molar-refractivity contribution in [3.8, 4) is 0 Å². The Kier molecular flexibility index (Phi) is 2.89. The second-order valence-corrected chi connectivity index (χ2v) is 7.52. The number of benzene rings is 1. The van der Waals surface area contributed by atoms with Crippen LogP contribution in [0.15, 0.2) is 29.2 Å². The molecule has 0 aromatic heterocycles. The van der Waals surface area contributed by atoms with Crippen molar-refractivity contribution in [2.45, 2.75) is 42.7 Å². The molecule has 0 spiro atoms. The van der Waals surface area contributed by atoms with Gasteiger partial charge < -0.3 is 4.90 Å². The molecule has 102 valence electrons. The van der Waals surface area contributed by atoms with E-state index in [2.05, 4.69) is 4.90 Å². The van der Waals surface area contributed by atoms with Gasteiger partial charge >= 0.3 is 0 Å². The van der Waals surface area contributed by atoms with Crippen LogP contribution in [0.1, 0.15) is 25.7 Å². The fraction of sp³-hybridized carbons (Fsp3) is 0.500. The fourth-order valence-electron chi connectivity index (χ4n) is 3.26. The van der Waals surface area contributed by atoms with E-state index >= 15 is 0 Å². The minimum atomic E-state index is -3.14. The summed E-state index contributed by atoms with van der Waals surface area (Å²) in [6, 6.07) is 7.63. The van der Waals surface area contributed by atoms with Crippen molar-refractivity contribution in [3.63, 3.8) is 0 Å². The number of sulfone groups is 1. The number of piperidine rings is 1. The van der Waals surface area contributed by atoms with E-state index in [1.165, 1.54) is 6.26 Å². The minimum Gasteiger partial charge on any atom is -0.365 e. The SMILES string of the molecule is CS(=O)(=O)c1ccc(N2C3CCC2CC(=O)C3)cc1. The average molecular weight is 279 g/mol. The molecular formula is C14H17NO3S. The number of ketones is 1. The van der Waals surface area contributed by atoms with Crippen molar-refractivity contribution in [2.75, 3.05) is 11.2 Å². The maximum absolute atomic E-state index is 11.6. The monoisotopic (exact) mass is 279 g/mol. The van der Waals surface area contributed by atoms with E-state index in [1.807, 2.05) is 12.1 Å². The number of hydrogen-bond acceptors (Lipinski definition) is 4. The molecule has 0 aliphatic carbocycles. The molecule has 19 heavy (non-hydrogen) atoms. The topological polar surface area (TPSA) is 54.5 Å². The predicted molar refractivity (Wildman–Crippen MR) is 73.1 cm³/mol. The summed E-state index contributed by atoms with van der Waals surface area (Å²) >= 11 is 0. The zero-order valence-electron chi connectivity index (χ0n) is 10.9. The molecule has 0 radical (unpaired) electrons. The van der Waals surface area contributed by atoms with Crippen molar-refractivity contribution in [1.29, 1.82) is 0 Å². The first-order valence-corrected chi connectivity index (χ1v) is 8.44. The lowest BCUT2D eigenvalue weighted by Crippen LogP contribution is -2.43. The van der Waals surface area contributed by atoms with E-state index in [-0.39, 0.29) is 0 Å². The lowest BCUT2D eigenvalue weighted by molar-refractivity contribution is -0.120. The summed E-state index contributed by atoms with van der Waals surface area (Å²) in [7, 11) is -3.14. The predicted octanol–water partition coefficient (Wildman–Crippen LogP) is 1.79. The average Bonchev–Trinajstić information content (AvgIpc) is 2.61. The fourth-order valence-corrected chi connectivity index (χ4v) is 3.89. The van der Waals surface area contributed by atoms with Gasteiger partial charge in [0.2, 0.25) is 0 Å². The molecule has 2 aliphatic rings. The van der Waals surface area contributed by atoms with E-state index in [0.29, 0.717) is 35.6 Å². The number of hydrogen-bond donors (Lipinski definition) is 0. The van der Waals surface area contributed by atoms with Crippen molar-refractivity contribution in [1.82, 2.24) is 0 Å². The van der Waals surface area contributed by atoms with Crippen LogP contribution in [0.25, 0.3) is 0 Å². The smallest absolute Gasteiger partial charge is 0.175 e. The standard InChI is InChI=1S/C14H17NO3S/c1-19(17,18)14-6-4-10(5-7-14)15-11-2-3-12(15)9-13(16)8-11/h4-7,11-12H,2-3,8-9H2,1H3. The Morgan fingerprint density at radius 3 is 2.05 bits per heavy atom. The lowest BCUT2D eigenvalue weighted by Gasteiger charge is -2.36. The number of carbonyl (C=O) groups excluding carboxylic acids is 1. The largest absolute Gasteiger partial charge is 0.365 e. The van der Waals surface area contributed by atoms with E-state index in [0.717, 1.165) is 18.5 Å². The zero-order valence-corrected chi connectivity index (χ0v) is 11.7. The maximum atomic E-state index is 11.6. The molecular weight excluding hydrogens is 262 g/mol. The van der Waals surface area contributed by atoms with Crippen LogP contribution < -0.4 is 4.90 Å². The number of nitrogens with zero attached hydrogens (tertiary/aromatic N) is 1. The van der Waals surface area contributed by atoms with Gasteiger partial charge in [-0.05, 0) is 37.1 Å². The molecule has 0 amide bonds. The third-order valence-electron chi connectivity index (χ3n) is 4.11. The van der Waals surface area contributed by atoms with Crippen molar-refractivity contribution in [3.05, 3.63) is 24.3 Å². The van der Waals surface area contributed by atoms with Gasteiger partial charge in [-0.2, -0.15) is 0 Å². The van der Waals surface area contributed by atoms with Gasteiger partial charge in [0, 0.05) is 36.9 Å². The molecule has 5 heteroatoms. The second kappa shape index (κ2) is 4.34. The van der Waals surface area contributed by atoms with Gasteiger partial charge in [0.05, 0.1) is 4.90 Å². The normalized spacial score (nSPS) is 26.8. The second-order valence-electron chi connectivity index (χ2n) is 5.51. The molecule has 2 aliphatic heterocycles. The molecule has 2 saturated heterocycles. The Morgan fingerprint density at radius 2 is 1.58 bits per heavy atom. The van der Waals surface area contributed by atoms with Crippen LogP contribution in [0.2, 0.25) is 0 Å². The van der Waals surface area contributed by atoms with Crippen molar-refractivity contribution >= 4 is 21.3 Å². The molecule has 3 rings (SSSR count). The van der Waals surface area contributed by atoms with Crippen molar-refractivity contribution in [2.24, 2.45) is 0 Å². The Balaban J connectivity index is 1.90. The first kappa shape index (κ1) is 12.7. The van der Waals surface area contributed by atoms with Crippen LogP contribution in [-0.2, 0) is 14.6 Å². The number of fused-ring (bicyclic) bond motifs is 2. The zero-order chi connectivity index (χ0) is 13.6. The highest BCUT2D eigenvalue weighted by molar-refractivity contribution is 7.90. The summed E-state index contributed by atoms with van der Waals surface area (Å²) in [5, 5.41) is 0. The quantitative estimate of drug-likeness (QED) is 0.828. The van der Waals surface area contributed by atoms with Crippen LogP contribution in [-0.4, -0.2) is 32.5 Å². The highest BCUT2D eigenvalue weighted by Crippen LogP contribution is 2.38. The van der Waals surface area contributed by atoms with Gasteiger partial charge in [0.1, 0.15) is 5.78 Å². The summed E-state index contributed by atoms with van der Waals surface area (Å²) in [5.74, 6) is 0.358. The van der Waals surface area contributed by atoms with Crippen LogP contribution in [0.3, 0.4) is 0 Å². The Bertz CT molecular complexity index is 590. The molecule has 2 heterocycles. The first-order valence-electron chi connectivity index (χ1n) is 6.55. The lowest BCUT2D eigenvalue weighted by atomic mass is 10.0. The van der Waals surface area contributed by atoms with Crippen LogP contribution >= 0.6 is 0 Å². The molecule has 0 N–H and O–H groups in total. The van der Waals surface area contributed by atoms with Crippen LogP contribution in [0.4, 0.5) is 5.69 Å². The van der Waals surface area contributed by atoms with E-state index in [4.69, 9.17) is 0 Å². The molecule has 4 nitrogen and oxygen atoms in total. The molecule has 1 aromatic rings. The van der Waals surface area contributed by atoms with E-state index in [9.17, 15) is 13.2 Å². The van der Waals surface area contributed by atoms with E-state index < -0.39 is 9.84 Å². The molecule has 1 aromatic carbocycles.